The number of rotatable bonds is 12. The molecule has 0 radical (unpaired) electrons. The molecule has 4 N–H and O–H groups in total. The quantitative estimate of drug-likeness (QED) is 0.300. The number of imide groups is 1. The van der Waals surface area contributed by atoms with Gasteiger partial charge in [-0.2, -0.15) is 0 Å². The molecule has 28 heavy (non-hydrogen) atoms. The van der Waals surface area contributed by atoms with E-state index < -0.39 is 18.3 Å². The van der Waals surface area contributed by atoms with Gasteiger partial charge in [0, 0.05) is 25.7 Å². The van der Waals surface area contributed by atoms with Gasteiger partial charge in [-0.1, -0.05) is 50.5 Å². The van der Waals surface area contributed by atoms with Crippen LogP contribution in [0.2, 0.25) is 0 Å². The number of aliphatic hydroxyl groups excluding tert-OH is 3. The van der Waals surface area contributed by atoms with E-state index >= 15 is 0 Å². The van der Waals surface area contributed by atoms with Gasteiger partial charge >= 0.3 is 0 Å². The molecule has 1 aliphatic rings. The SMILES string of the molecule is CCCCC[C@H](O)/C=C/[C@@H]1[C@@H](C/C=C\CCCC(=O)NC(C)=O)[C@@H](O)C[C@H]1O. The third-order valence-corrected chi connectivity index (χ3v) is 5.24. The molecule has 0 aromatic heterocycles. The lowest BCUT2D eigenvalue weighted by molar-refractivity contribution is -0.129. The van der Waals surface area contributed by atoms with Crippen molar-refractivity contribution < 1.29 is 24.9 Å². The van der Waals surface area contributed by atoms with Gasteiger partial charge < -0.3 is 15.3 Å². The lowest BCUT2D eigenvalue weighted by atomic mass is 9.89. The van der Waals surface area contributed by atoms with Crippen LogP contribution in [0.5, 0.6) is 0 Å². The minimum absolute atomic E-state index is 0.0775. The van der Waals surface area contributed by atoms with Gasteiger partial charge in [-0.3, -0.25) is 14.9 Å². The molecule has 0 aliphatic heterocycles. The second-order valence-electron chi connectivity index (χ2n) is 7.76. The van der Waals surface area contributed by atoms with Crippen LogP contribution in [0.25, 0.3) is 0 Å². The highest BCUT2D eigenvalue weighted by Crippen LogP contribution is 2.36. The number of carbonyl (C=O) groups is 2. The second-order valence-corrected chi connectivity index (χ2v) is 7.76. The normalized spacial score (nSPS) is 26.2. The molecular formula is C22H37NO5. The van der Waals surface area contributed by atoms with Crippen LogP contribution in [0.3, 0.4) is 0 Å². The molecule has 0 heterocycles. The Hall–Kier alpha value is -1.50. The highest BCUT2D eigenvalue weighted by atomic mass is 16.3. The topological polar surface area (TPSA) is 107 Å². The highest BCUT2D eigenvalue weighted by molar-refractivity contribution is 5.93. The van der Waals surface area contributed by atoms with Crippen LogP contribution in [0.15, 0.2) is 24.3 Å². The van der Waals surface area contributed by atoms with E-state index in [-0.39, 0.29) is 23.7 Å². The lowest BCUT2D eigenvalue weighted by Crippen LogP contribution is -2.27. The number of allylic oxidation sites excluding steroid dienone is 2. The van der Waals surface area contributed by atoms with Crippen molar-refractivity contribution in [1.82, 2.24) is 5.32 Å². The van der Waals surface area contributed by atoms with Gasteiger partial charge in [-0.15, -0.1) is 0 Å². The van der Waals surface area contributed by atoms with Crippen LogP contribution in [-0.4, -0.2) is 45.4 Å². The zero-order valence-corrected chi connectivity index (χ0v) is 17.2. The van der Waals surface area contributed by atoms with Gasteiger partial charge in [0.1, 0.15) is 0 Å². The number of hydrogen-bond donors (Lipinski definition) is 4. The molecule has 5 atom stereocenters. The standard InChI is InChI=1S/C22H37NO5/c1-3-4-7-10-17(25)13-14-19-18(20(26)15-21(19)27)11-8-5-6-9-12-22(28)23-16(2)24/h5,8,13-14,17-21,25-27H,3-4,6-7,9-12,15H2,1-2H3,(H,23,24,28)/b8-5-,14-13+/t17-,18+,19+,20-,21+/m0/s1. The number of nitrogens with one attached hydrogen (secondary N) is 1. The molecule has 0 aromatic carbocycles. The fraction of sp³-hybridized carbons (Fsp3) is 0.727. The molecule has 160 valence electrons. The molecular weight excluding hydrogens is 358 g/mol. The van der Waals surface area contributed by atoms with Crippen LogP contribution in [0.4, 0.5) is 0 Å². The third-order valence-electron chi connectivity index (χ3n) is 5.24. The van der Waals surface area contributed by atoms with Crippen molar-refractivity contribution >= 4 is 11.8 Å². The van der Waals surface area contributed by atoms with E-state index in [1.807, 2.05) is 18.2 Å². The van der Waals surface area contributed by atoms with Gasteiger partial charge in [0.25, 0.3) is 0 Å². The zero-order chi connectivity index (χ0) is 20.9. The molecule has 6 nitrogen and oxygen atoms in total. The largest absolute Gasteiger partial charge is 0.393 e. The van der Waals surface area contributed by atoms with Crippen LogP contribution in [0, 0.1) is 11.8 Å². The Kier molecular flexibility index (Phi) is 12.0. The van der Waals surface area contributed by atoms with E-state index in [0.717, 1.165) is 25.7 Å². The van der Waals surface area contributed by atoms with Crippen molar-refractivity contribution in [2.75, 3.05) is 0 Å². The van der Waals surface area contributed by atoms with E-state index in [1.165, 1.54) is 6.92 Å². The molecule has 0 aromatic rings. The summed E-state index contributed by atoms with van der Waals surface area (Å²) in [4.78, 5) is 22.2. The predicted octanol–water partition coefficient (Wildman–Crippen LogP) is 2.62. The summed E-state index contributed by atoms with van der Waals surface area (Å²) >= 11 is 0. The van der Waals surface area contributed by atoms with Gasteiger partial charge in [-0.05, 0) is 31.6 Å². The molecule has 2 amide bonds. The Balaban J connectivity index is 2.42. The summed E-state index contributed by atoms with van der Waals surface area (Å²) < 4.78 is 0. The zero-order valence-electron chi connectivity index (χ0n) is 17.2. The molecule has 0 saturated heterocycles. The molecule has 1 aliphatic carbocycles. The molecule has 0 bridgehead atoms. The Labute approximate surface area is 168 Å². The van der Waals surface area contributed by atoms with Crippen LogP contribution in [0.1, 0.15) is 71.6 Å². The number of amides is 2. The molecule has 1 saturated carbocycles. The van der Waals surface area contributed by atoms with Crippen molar-refractivity contribution in [2.24, 2.45) is 11.8 Å². The average Bonchev–Trinajstić information content (AvgIpc) is 2.88. The van der Waals surface area contributed by atoms with Crippen molar-refractivity contribution in [1.29, 1.82) is 0 Å². The first kappa shape index (κ1) is 24.5. The van der Waals surface area contributed by atoms with Crippen LogP contribution in [-0.2, 0) is 9.59 Å². The smallest absolute Gasteiger partial charge is 0.226 e. The van der Waals surface area contributed by atoms with E-state index in [0.29, 0.717) is 32.1 Å². The number of aliphatic hydroxyl groups is 3. The van der Waals surface area contributed by atoms with Crippen LogP contribution < -0.4 is 5.32 Å². The number of carbonyl (C=O) groups excluding carboxylic acids is 2. The first-order valence-corrected chi connectivity index (χ1v) is 10.5. The summed E-state index contributed by atoms with van der Waals surface area (Å²) in [6.45, 7) is 3.44. The van der Waals surface area contributed by atoms with E-state index in [2.05, 4.69) is 12.2 Å². The monoisotopic (exact) mass is 395 g/mol. The highest BCUT2D eigenvalue weighted by Gasteiger charge is 2.39. The summed E-state index contributed by atoms with van der Waals surface area (Å²) in [7, 11) is 0. The third kappa shape index (κ3) is 9.62. The number of hydrogen-bond acceptors (Lipinski definition) is 5. The Morgan fingerprint density at radius 1 is 1.14 bits per heavy atom. The fourth-order valence-electron chi connectivity index (χ4n) is 3.67. The summed E-state index contributed by atoms with van der Waals surface area (Å²) in [6, 6.07) is 0. The Morgan fingerprint density at radius 3 is 2.57 bits per heavy atom. The Bertz CT molecular complexity index is 531. The van der Waals surface area contributed by atoms with Gasteiger partial charge in [0.05, 0.1) is 18.3 Å². The van der Waals surface area contributed by atoms with Gasteiger partial charge in [0.2, 0.25) is 11.8 Å². The second kappa shape index (κ2) is 13.6. The summed E-state index contributed by atoms with van der Waals surface area (Å²) in [5, 5.41) is 32.8. The summed E-state index contributed by atoms with van der Waals surface area (Å²) in [5.74, 6) is -0.852. The van der Waals surface area contributed by atoms with E-state index in [1.54, 1.807) is 6.08 Å². The van der Waals surface area contributed by atoms with Gasteiger partial charge in [0.15, 0.2) is 0 Å². The minimum atomic E-state index is -0.595. The van der Waals surface area contributed by atoms with Crippen molar-refractivity contribution in [3.8, 4) is 0 Å². The Morgan fingerprint density at radius 2 is 1.89 bits per heavy atom. The van der Waals surface area contributed by atoms with Crippen molar-refractivity contribution in [2.45, 2.75) is 89.9 Å². The minimum Gasteiger partial charge on any atom is -0.393 e. The van der Waals surface area contributed by atoms with Crippen LogP contribution >= 0.6 is 0 Å². The first-order valence-electron chi connectivity index (χ1n) is 10.5. The van der Waals surface area contributed by atoms with E-state index in [9.17, 15) is 24.9 Å². The molecule has 1 rings (SSSR count). The van der Waals surface area contributed by atoms with E-state index in [4.69, 9.17) is 0 Å². The maximum absolute atomic E-state index is 11.4. The molecule has 6 heteroatoms. The maximum Gasteiger partial charge on any atom is 0.226 e. The lowest BCUT2D eigenvalue weighted by Gasteiger charge is -2.19. The maximum atomic E-state index is 11.4. The number of unbranched alkanes of at least 4 members (excludes halogenated alkanes) is 3. The fourth-order valence-corrected chi connectivity index (χ4v) is 3.67. The van der Waals surface area contributed by atoms with Crippen molar-refractivity contribution in [3.63, 3.8) is 0 Å². The molecule has 1 fully saturated rings. The summed E-state index contributed by atoms with van der Waals surface area (Å²) in [5.41, 5.74) is 0. The predicted molar refractivity (Wildman–Crippen MR) is 109 cm³/mol. The summed E-state index contributed by atoms with van der Waals surface area (Å²) in [6.07, 6.45) is 12.5. The van der Waals surface area contributed by atoms with Gasteiger partial charge in [-0.25, -0.2) is 0 Å². The molecule has 0 unspecified atom stereocenters. The van der Waals surface area contributed by atoms with Crippen molar-refractivity contribution in [3.05, 3.63) is 24.3 Å². The first-order chi connectivity index (χ1) is 13.3. The molecule has 0 spiro atoms. The average molecular weight is 396 g/mol.